The average molecular weight is 437 g/mol. The monoisotopic (exact) mass is 438 g/mol. The van der Waals surface area contributed by atoms with Gasteiger partial charge in [0, 0.05) is 4.47 Å². The summed E-state index contributed by atoms with van der Waals surface area (Å²) in [5.74, 6) is 0. The van der Waals surface area contributed by atoms with E-state index in [1.807, 2.05) is 0 Å². The summed E-state index contributed by atoms with van der Waals surface area (Å²) in [7, 11) is 80.1. The van der Waals surface area contributed by atoms with Crippen molar-refractivity contribution >= 4 is 189 Å². The maximum atomic E-state index is 6.37. The van der Waals surface area contributed by atoms with E-state index in [1.165, 1.54) is 0 Å². The predicted octanol–water partition coefficient (Wildman–Crippen LogP) is -9.90. The van der Waals surface area contributed by atoms with Gasteiger partial charge >= 0.3 is 0 Å². The summed E-state index contributed by atoms with van der Waals surface area (Å²) in [5.41, 5.74) is 1.03. The lowest BCUT2D eigenvalue weighted by molar-refractivity contribution is 1.82. The Morgan fingerprint density at radius 3 is 0.656 bits per heavy atom. The second-order valence-corrected chi connectivity index (χ2v) is 7.98. The van der Waals surface area contributed by atoms with Crippen molar-refractivity contribution in [1.29, 1.82) is 0 Å². The van der Waals surface area contributed by atoms with Crippen molar-refractivity contribution in [3.8, 4) is 22.3 Å². The molecule has 118 valence electrons. The number of halogens is 1. The van der Waals surface area contributed by atoms with Gasteiger partial charge in [0.2, 0.25) is 0 Å². The van der Waals surface area contributed by atoms with Crippen molar-refractivity contribution < 1.29 is 0 Å². The van der Waals surface area contributed by atoms with Crippen LogP contribution >= 0.6 is 15.9 Å². The average Bonchev–Trinajstić information content (AvgIpc) is 2.76. The molecule has 0 fully saturated rings. The third kappa shape index (κ3) is 3.64. The molecule has 0 atom stereocenters. The molecule has 32 heavy (non-hydrogen) atoms. The standard InChI is InChI=1S/C18B13Br/c19-5-1(3-9(23)13(27)15(29)14(28)10(3)24)6(20)8(22)2(7(5)21)4-11(25)16(30)18(32)17(31)12(4)26. The zero-order valence-corrected chi connectivity index (χ0v) is 18.5. The van der Waals surface area contributed by atoms with Gasteiger partial charge in [0.15, 0.2) is 0 Å². The van der Waals surface area contributed by atoms with Gasteiger partial charge in [0.05, 0.1) is 0 Å². The molecule has 0 aliphatic rings. The summed E-state index contributed by atoms with van der Waals surface area (Å²) in [4.78, 5) is 0. The van der Waals surface area contributed by atoms with Crippen LogP contribution in [0.15, 0.2) is 4.47 Å². The minimum absolute atomic E-state index is 0.00802. The van der Waals surface area contributed by atoms with E-state index in [1.54, 1.807) is 0 Å². The molecule has 0 spiro atoms. The molecule has 0 aliphatic heterocycles. The van der Waals surface area contributed by atoms with E-state index in [0.717, 1.165) is 0 Å². The SMILES string of the molecule is [B]c1c([B])c([B])c(-c2c([B])c([B])c(-c3c([B])c([B])c(Br)c([B])c3[B])c([B])c2[B])c([B])c1[B]. The Kier molecular flexibility index (Phi) is 7.18. The molecule has 0 heterocycles. The third-order valence-electron chi connectivity index (χ3n) is 5.45. The molecule has 0 amide bonds. The minimum Gasteiger partial charge on any atom is -0.112 e. The molecule has 3 aromatic carbocycles. The summed E-state index contributed by atoms with van der Waals surface area (Å²) in [6.45, 7) is 0. The smallest absolute Gasteiger partial charge is 0.112 e. The maximum absolute atomic E-state index is 6.37. The Morgan fingerprint density at radius 2 is 0.406 bits per heavy atom. The topological polar surface area (TPSA) is 0 Å². The first-order valence-electron chi connectivity index (χ1n) is 8.94. The molecule has 26 radical (unpaired) electrons. The Bertz CT molecular complexity index is 1130. The third-order valence-corrected chi connectivity index (χ3v) is 6.30. The van der Waals surface area contributed by atoms with Gasteiger partial charge in [-0.25, -0.2) is 0 Å². The summed E-state index contributed by atoms with van der Waals surface area (Å²) in [5, 5.41) is 0. The molecule has 0 aromatic heterocycles. The fraction of sp³-hybridized carbons (Fsp3) is 0. The van der Waals surface area contributed by atoms with Gasteiger partial charge in [0.25, 0.3) is 0 Å². The van der Waals surface area contributed by atoms with Crippen LogP contribution in [0.1, 0.15) is 0 Å². The number of benzene rings is 3. The summed E-state index contributed by atoms with van der Waals surface area (Å²) in [6, 6.07) is 0. The summed E-state index contributed by atoms with van der Waals surface area (Å²) in [6.07, 6.45) is 0. The van der Waals surface area contributed by atoms with E-state index in [-0.39, 0.29) is 93.3 Å². The fourth-order valence-electron chi connectivity index (χ4n) is 3.55. The Hall–Kier alpha value is -1.02. The van der Waals surface area contributed by atoms with Gasteiger partial charge in [-0.3, -0.25) is 0 Å². The van der Waals surface area contributed by atoms with Gasteiger partial charge in [-0.2, -0.15) is 0 Å². The van der Waals surface area contributed by atoms with Crippen molar-refractivity contribution in [3.05, 3.63) is 4.47 Å². The molecular weight excluding hydrogens is 437 g/mol. The van der Waals surface area contributed by atoms with Crippen LogP contribution in [0.3, 0.4) is 0 Å². The zero-order valence-electron chi connectivity index (χ0n) is 16.9. The minimum atomic E-state index is -0.0208. The van der Waals surface area contributed by atoms with Crippen molar-refractivity contribution in [3.63, 3.8) is 0 Å². The lowest BCUT2D eigenvalue weighted by Crippen LogP contribution is -2.57. The molecule has 0 bridgehead atoms. The van der Waals surface area contributed by atoms with Crippen LogP contribution in [0.5, 0.6) is 0 Å². The molecule has 3 aromatic rings. The first-order valence-corrected chi connectivity index (χ1v) is 9.73. The number of rotatable bonds is 2. The largest absolute Gasteiger partial charge is 0.114 e. The highest BCUT2D eigenvalue weighted by molar-refractivity contribution is 9.10. The molecule has 0 saturated heterocycles. The molecule has 14 heteroatoms. The highest BCUT2D eigenvalue weighted by atomic mass is 79.9. The molecule has 0 N–H and O–H groups in total. The van der Waals surface area contributed by atoms with E-state index in [0.29, 0.717) is 4.47 Å². The van der Waals surface area contributed by atoms with Gasteiger partial charge in [0.1, 0.15) is 102 Å². The van der Waals surface area contributed by atoms with Crippen LogP contribution in [0, 0.1) is 0 Å². The van der Waals surface area contributed by atoms with Crippen LogP contribution in [0.25, 0.3) is 22.3 Å². The lowest BCUT2D eigenvalue weighted by Gasteiger charge is -2.30. The van der Waals surface area contributed by atoms with Crippen LogP contribution in [0.4, 0.5) is 0 Å². The second-order valence-electron chi connectivity index (χ2n) is 7.19. The maximum Gasteiger partial charge on any atom is 0.114 e. The first-order chi connectivity index (χ1) is 14.7. The second kappa shape index (κ2) is 8.97. The lowest BCUT2D eigenvalue weighted by atomic mass is 9.55. The van der Waals surface area contributed by atoms with Crippen molar-refractivity contribution in [2.45, 2.75) is 0 Å². The molecule has 0 aliphatic carbocycles. The fourth-order valence-corrected chi connectivity index (χ4v) is 3.98. The van der Waals surface area contributed by atoms with Crippen LogP contribution in [-0.2, 0) is 0 Å². The highest BCUT2D eigenvalue weighted by Crippen LogP contribution is 2.14. The van der Waals surface area contributed by atoms with Crippen molar-refractivity contribution in [2.75, 3.05) is 0 Å². The Balaban J connectivity index is 2.50. The zero-order chi connectivity index (χ0) is 24.4. The molecule has 0 nitrogen and oxygen atoms in total. The van der Waals surface area contributed by atoms with E-state index >= 15 is 0 Å². The Morgan fingerprint density at radius 1 is 0.250 bits per heavy atom. The van der Waals surface area contributed by atoms with E-state index in [9.17, 15) is 0 Å². The van der Waals surface area contributed by atoms with Gasteiger partial charge < -0.3 is 0 Å². The van der Waals surface area contributed by atoms with Crippen molar-refractivity contribution in [2.24, 2.45) is 0 Å². The molecule has 0 saturated carbocycles. The number of hydrogen-bond acceptors (Lipinski definition) is 0. The quantitative estimate of drug-likeness (QED) is 0.350. The molecule has 3 rings (SSSR count). The highest BCUT2D eigenvalue weighted by Gasteiger charge is 2.22. The summed E-state index contributed by atoms with van der Waals surface area (Å²) >= 11 is 3.25. The molecular formula is C18B13Br. The molecule has 0 unspecified atom stereocenters. The van der Waals surface area contributed by atoms with E-state index in [2.05, 4.69) is 15.9 Å². The number of hydrogen-bond donors (Lipinski definition) is 0. The normalized spacial score (nSPS) is 11.0. The van der Waals surface area contributed by atoms with Gasteiger partial charge in [-0.05, 0) is 22.3 Å². The predicted molar refractivity (Wildman–Crippen MR) is 155 cm³/mol. The van der Waals surface area contributed by atoms with Crippen molar-refractivity contribution in [1.82, 2.24) is 0 Å². The van der Waals surface area contributed by atoms with Crippen LogP contribution in [-0.4, -0.2) is 102 Å². The Labute approximate surface area is 214 Å². The van der Waals surface area contributed by atoms with E-state index < -0.39 is 0 Å². The van der Waals surface area contributed by atoms with Crippen LogP contribution in [0.2, 0.25) is 0 Å². The first kappa shape index (κ1) is 25.6. The summed E-state index contributed by atoms with van der Waals surface area (Å²) < 4.78 is 0.333. The van der Waals surface area contributed by atoms with Gasteiger partial charge in [-0.1, -0.05) is 70.6 Å². The van der Waals surface area contributed by atoms with Gasteiger partial charge in [-0.15, -0.1) is 16.4 Å². The van der Waals surface area contributed by atoms with Crippen LogP contribution < -0.4 is 71.0 Å². The van der Waals surface area contributed by atoms with E-state index in [4.69, 9.17) is 102 Å².